The van der Waals surface area contributed by atoms with Gasteiger partial charge in [0.25, 0.3) is 0 Å². The quantitative estimate of drug-likeness (QED) is 0.856. The molecule has 0 fully saturated rings. The first kappa shape index (κ1) is 16.6. The maximum absolute atomic E-state index is 13.7. The van der Waals surface area contributed by atoms with Crippen molar-refractivity contribution in [2.24, 2.45) is 0 Å². The monoisotopic (exact) mass is 334 g/mol. The van der Waals surface area contributed by atoms with Crippen molar-refractivity contribution < 1.29 is 13.6 Å². The van der Waals surface area contributed by atoms with Gasteiger partial charge in [-0.15, -0.1) is 0 Å². The summed E-state index contributed by atoms with van der Waals surface area (Å²) in [7, 11) is 3.95. The van der Waals surface area contributed by atoms with Crippen molar-refractivity contribution in [1.29, 1.82) is 0 Å². The van der Waals surface area contributed by atoms with Gasteiger partial charge in [0.15, 0.2) is 11.6 Å². The van der Waals surface area contributed by atoms with E-state index in [0.717, 1.165) is 24.0 Å². The van der Waals surface area contributed by atoms with Gasteiger partial charge in [-0.05, 0) is 26.2 Å². The summed E-state index contributed by atoms with van der Waals surface area (Å²) < 4.78 is 28.9. The molecule has 0 unspecified atom stereocenters. The highest BCUT2D eigenvalue weighted by Crippen LogP contribution is 2.17. The van der Waals surface area contributed by atoms with Crippen LogP contribution in [0.15, 0.2) is 24.3 Å². The van der Waals surface area contributed by atoms with Crippen molar-refractivity contribution >= 4 is 5.91 Å². The zero-order chi connectivity index (χ0) is 17.3. The van der Waals surface area contributed by atoms with Crippen molar-refractivity contribution in [3.63, 3.8) is 0 Å². The van der Waals surface area contributed by atoms with Crippen LogP contribution >= 0.6 is 0 Å². The first-order chi connectivity index (χ1) is 11.4. The second kappa shape index (κ2) is 6.68. The fourth-order valence-electron chi connectivity index (χ4n) is 2.90. The van der Waals surface area contributed by atoms with Crippen molar-refractivity contribution in [3.05, 3.63) is 52.9 Å². The third kappa shape index (κ3) is 3.46. The van der Waals surface area contributed by atoms with Gasteiger partial charge in [0.2, 0.25) is 5.91 Å². The number of fused-ring (bicyclic) bond motifs is 1. The van der Waals surface area contributed by atoms with E-state index in [9.17, 15) is 13.6 Å². The zero-order valence-electron chi connectivity index (χ0n) is 13.8. The fourth-order valence-corrected chi connectivity index (χ4v) is 2.90. The predicted octanol–water partition coefficient (Wildman–Crippen LogP) is 1.81. The molecule has 2 aromatic rings. The average molecular weight is 334 g/mol. The number of hydrogen-bond acceptors (Lipinski definition) is 3. The summed E-state index contributed by atoms with van der Waals surface area (Å²) >= 11 is 0. The number of halogens is 2. The van der Waals surface area contributed by atoms with E-state index in [2.05, 4.69) is 5.10 Å². The van der Waals surface area contributed by atoms with Gasteiger partial charge in [-0.25, -0.2) is 8.78 Å². The van der Waals surface area contributed by atoms with Crippen LogP contribution in [0, 0.1) is 11.6 Å². The van der Waals surface area contributed by atoms with Gasteiger partial charge in [-0.3, -0.25) is 9.48 Å². The van der Waals surface area contributed by atoms with Crippen LogP contribution in [0.3, 0.4) is 0 Å². The number of carbonyl (C=O) groups is 1. The summed E-state index contributed by atoms with van der Waals surface area (Å²) in [6.45, 7) is 2.31. The second-order valence-electron chi connectivity index (χ2n) is 6.29. The van der Waals surface area contributed by atoms with Crippen LogP contribution < -0.4 is 0 Å². The predicted molar refractivity (Wildman–Crippen MR) is 85.1 cm³/mol. The van der Waals surface area contributed by atoms with Gasteiger partial charge < -0.3 is 9.80 Å². The van der Waals surface area contributed by atoms with Crippen molar-refractivity contribution in [3.8, 4) is 0 Å². The van der Waals surface area contributed by atoms with Crippen LogP contribution in [-0.4, -0.2) is 46.1 Å². The highest BCUT2D eigenvalue weighted by molar-refractivity contribution is 5.78. The lowest BCUT2D eigenvalue weighted by Crippen LogP contribution is -2.39. The van der Waals surface area contributed by atoms with Gasteiger partial charge in [0, 0.05) is 18.7 Å². The van der Waals surface area contributed by atoms with E-state index < -0.39 is 11.6 Å². The fraction of sp³-hybridized carbons (Fsp3) is 0.412. The van der Waals surface area contributed by atoms with Crippen molar-refractivity contribution in [2.75, 3.05) is 20.6 Å². The van der Waals surface area contributed by atoms with Crippen molar-refractivity contribution in [2.45, 2.75) is 26.1 Å². The smallest absolute Gasteiger partial charge is 0.227 e. The van der Waals surface area contributed by atoms with Gasteiger partial charge in [0.1, 0.15) is 0 Å². The Hall–Kier alpha value is -2.28. The lowest BCUT2D eigenvalue weighted by molar-refractivity contribution is -0.132. The molecule has 3 rings (SSSR count). The molecule has 1 aliphatic heterocycles. The Morgan fingerprint density at radius 1 is 1.29 bits per heavy atom. The van der Waals surface area contributed by atoms with E-state index >= 15 is 0 Å². The van der Waals surface area contributed by atoms with Gasteiger partial charge in [-0.1, -0.05) is 12.1 Å². The first-order valence-electron chi connectivity index (χ1n) is 7.85. The molecule has 1 aliphatic rings. The minimum absolute atomic E-state index is 0.0902. The van der Waals surface area contributed by atoms with E-state index in [0.29, 0.717) is 19.6 Å². The molecule has 0 aliphatic carbocycles. The van der Waals surface area contributed by atoms with E-state index in [1.807, 2.05) is 29.7 Å². The number of amides is 1. The van der Waals surface area contributed by atoms with Crippen LogP contribution in [0.2, 0.25) is 0 Å². The third-order valence-electron chi connectivity index (χ3n) is 4.05. The second-order valence-corrected chi connectivity index (χ2v) is 6.29. The Bertz CT molecular complexity index is 757. The standard InChI is InChI=1S/C17H20F2N4O/c1-21(2)10-13-9-14-11-22(6-7-23(14)20-13)16(24)8-12-4-3-5-15(18)17(12)19/h3-5,9H,6-8,10-11H2,1-2H3. The molecule has 0 spiro atoms. The van der Waals surface area contributed by atoms with E-state index in [4.69, 9.17) is 0 Å². The Morgan fingerprint density at radius 3 is 2.83 bits per heavy atom. The molecule has 0 radical (unpaired) electrons. The highest BCUT2D eigenvalue weighted by atomic mass is 19.2. The van der Waals surface area contributed by atoms with E-state index in [-0.39, 0.29) is 17.9 Å². The molecule has 0 N–H and O–H groups in total. The molecule has 0 atom stereocenters. The SMILES string of the molecule is CN(C)Cc1cc2n(n1)CCN(C(=O)Cc1cccc(F)c1F)C2. The lowest BCUT2D eigenvalue weighted by Gasteiger charge is -2.27. The van der Waals surface area contributed by atoms with Gasteiger partial charge in [0.05, 0.1) is 30.9 Å². The molecule has 0 saturated carbocycles. The van der Waals surface area contributed by atoms with E-state index in [1.165, 1.54) is 12.1 Å². The largest absolute Gasteiger partial charge is 0.335 e. The number of hydrogen-bond donors (Lipinski definition) is 0. The van der Waals surface area contributed by atoms with Crippen LogP contribution in [-0.2, 0) is 30.8 Å². The Kier molecular flexibility index (Phi) is 4.62. The Morgan fingerprint density at radius 2 is 2.08 bits per heavy atom. The Labute approximate surface area is 139 Å². The van der Waals surface area contributed by atoms with Crippen LogP contribution in [0.1, 0.15) is 17.0 Å². The molecule has 0 saturated heterocycles. The highest BCUT2D eigenvalue weighted by Gasteiger charge is 2.23. The molecular formula is C17H20F2N4O. The number of carbonyl (C=O) groups excluding carboxylic acids is 1. The molecule has 1 aromatic heterocycles. The Balaban J connectivity index is 1.69. The molecule has 128 valence electrons. The molecule has 24 heavy (non-hydrogen) atoms. The summed E-state index contributed by atoms with van der Waals surface area (Å²) in [4.78, 5) is 16.1. The maximum Gasteiger partial charge on any atom is 0.227 e. The molecule has 1 amide bonds. The molecule has 5 nitrogen and oxygen atoms in total. The summed E-state index contributed by atoms with van der Waals surface area (Å²) in [5.41, 5.74) is 2.01. The van der Waals surface area contributed by atoms with Gasteiger partial charge >= 0.3 is 0 Å². The molecule has 0 bridgehead atoms. The van der Waals surface area contributed by atoms with Crippen LogP contribution in [0.5, 0.6) is 0 Å². The average Bonchev–Trinajstić information content (AvgIpc) is 2.92. The molecular weight excluding hydrogens is 314 g/mol. The number of rotatable bonds is 4. The minimum atomic E-state index is -0.943. The minimum Gasteiger partial charge on any atom is -0.335 e. The third-order valence-corrected chi connectivity index (χ3v) is 4.05. The lowest BCUT2D eigenvalue weighted by atomic mass is 10.1. The number of aromatic nitrogens is 2. The van der Waals surface area contributed by atoms with E-state index in [1.54, 1.807) is 4.90 Å². The summed E-state index contributed by atoms with van der Waals surface area (Å²) in [6.07, 6.45) is -0.137. The van der Waals surface area contributed by atoms with Crippen LogP contribution in [0.4, 0.5) is 8.78 Å². The number of benzene rings is 1. The maximum atomic E-state index is 13.7. The zero-order valence-corrected chi connectivity index (χ0v) is 13.8. The van der Waals surface area contributed by atoms with Crippen molar-refractivity contribution in [1.82, 2.24) is 19.6 Å². The summed E-state index contributed by atoms with van der Waals surface area (Å²) in [5, 5.41) is 4.52. The molecule has 1 aromatic carbocycles. The van der Waals surface area contributed by atoms with Crippen LogP contribution in [0.25, 0.3) is 0 Å². The summed E-state index contributed by atoms with van der Waals surface area (Å²) in [6, 6.07) is 5.90. The first-order valence-corrected chi connectivity index (χ1v) is 7.85. The van der Waals surface area contributed by atoms with Gasteiger partial charge in [-0.2, -0.15) is 5.10 Å². The topological polar surface area (TPSA) is 41.4 Å². The molecule has 2 heterocycles. The summed E-state index contributed by atoms with van der Waals surface area (Å²) in [5.74, 6) is -2.08. The number of nitrogens with zero attached hydrogens (tertiary/aromatic N) is 4. The normalized spacial score (nSPS) is 14.1. The molecule has 7 heteroatoms.